The zero-order valence-corrected chi connectivity index (χ0v) is 10.0. The molecule has 0 spiro atoms. The summed E-state index contributed by atoms with van der Waals surface area (Å²) in [4.78, 5) is 13.0. The van der Waals surface area contributed by atoms with E-state index < -0.39 is 0 Å². The molecule has 0 aliphatic heterocycles. The predicted molar refractivity (Wildman–Crippen MR) is 60.5 cm³/mol. The lowest BCUT2D eigenvalue weighted by molar-refractivity contribution is 0.781. The number of rotatable bonds is 2. The zero-order valence-electron chi connectivity index (χ0n) is 10.0. The standard InChI is InChI=1S/C11H15N5/c1-5-10-6-11(14-7(2)13-10)16-9(4)12-8(3)15-16/h6H,5H2,1-4H3. The van der Waals surface area contributed by atoms with Crippen molar-refractivity contribution in [2.45, 2.75) is 34.1 Å². The summed E-state index contributed by atoms with van der Waals surface area (Å²) in [5.41, 5.74) is 1.02. The average molecular weight is 217 g/mol. The Balaban J connectivity index is 2.55. The molecule has 0 saturated carbocycles. The minimum atomic E-state index is 0.756. The van der Waals surface area contributed by atoms with Crippen molar-refractivity contribution < 1.29 is 0 Å². The van der Waals surface area contributed by atoms with Crippen molar-refractivity contribution in [3.63, 3.8) is 0 Å². The normalized spacial score (nSPS) is 10.8. The van der Waals surface area contributed by atoms with Crippen molar-refractivity contribution in [2.24, 2.45) is 0 Å². The molecule has 0 atom stereocenters. The summed E-state index contributed by atoms with van der Waals surface area (Å²) in [6, 6.07) is 1.95. The zero-order chi connectivity index (χ0) is 11.7. The van der Waals surface area contributed by atoms with Crippen LogP contribution in [-0.4, -0.2) is 24.7 Å². The second-order valence-corrected chi connectivity index (χ2v) is 3.74. The van der Waals surface area contributed by atoms with Gasteiger partial charge >= 0.3 is 0 Å². The Morgan fingerprint density at radius 2 is 1.81 bits per heavy atom. The summed E-state index contributed by atoms with van der Waals surface area (Å²) in [7, 11) is 0. The van der Waals surface area contributed by atoms with Crippen LogP contribution in [0, 0.1) is 20.8 Å². The third-order valence-corrected chi connectivity index (χ3v) is 2.33. The van der Waals surface area contributed by atoms with Crippen LogP contribution < -0.4 is 0 Å². The summed E-state index contributed by atoms with van der Waals surface area (Å²) in [5, 5.41) is 4.31. The first-order valence-electron chi connectivity index (χ1n) is 5.35. The van der Waals surface area contributed by atoms with Crippen LogP contribution in [-0.2, 0) is 6.42 Å². The lowest BCUT2D eigenvalue weighted by atomic mass is 10.3. The molecular weight excluding hydrogens is 202 g/mol. The molecule has 5 nitrogen and oxygen atoms in total. The lowest BCUT2D eigenvalue weighted by Crippen LogP contribution is -2.06. The Kier molecular flexibility index (Phi) is 2.68. The second-order valence-electron chi connectivity index (χ2n) is 3.74. The van der Waals surface area contributed by atoms with Gasteiger partial charge in [0.05, 0.1) is 0 Å². The van der Waals surface area contributed by atoms with Gasteiger partial charge in [-0.3, -0.25) is 0 Å². The number of hydrogen-bond acceptors (Lipinski definition) is 4. The molecule has 0 N–H and O–H groups in total. The fourth-order valence-electron chi connectivity index (χ4n) is 1.64. The van der Waals surface area contributed by atoms with Crippen molar-refractivity contribution in [3.05, 3.63) is 29.2 Å². The fraction of sp³-hybridized carbons (Fsp3) is 0.455. The van der Waals surface area contributed by atoms with Gasteiger partial charge in [0.15, 0.2) is 5.82 Å². The molecule has 0 aromatic carbocycles. The molecule has 2 aromatic heterocycles. The van der Waals surface area contributed by atoms with Crippen LogP contribution in [0.2, 0.25) is 0 Å². The van der Waals surface area contributed by atoms with Crippen molar-refractivity contribution in [2.75, 3.05) is 0 Å². The van der Waals surface area contributed by atoms with Crippen molar-refractivity contribution >= 4 is 0 Å². The molecule has 84 valence electrons. The van der Waals surface area contributed by atoms with Crippen LogP contribution in [0.4, 0.5) is 0 Å². The first kappa shape index (κ1) is 10.7. The molecule has 0 bridgehead atoms. The van der Waals surface area contributed by atoms with E-state index in [2.05, 4.69) is 27.0 Å². The van der Waals surface area contributed by atoms with E-state index in [1.54, 1.807) is 4.68 Å². The fourth-order valence-corrected chi connectivity index (χ4v) is 1.64. The van der Waals surface area contributed by atoms with Gasteiger partial charge in [-0.2, -0.15) is 4.68 Å². The maximum Gasteiger partial charge on any atom is 0.159 e. The molecule has 0 amide bonds. The molecule has 0 unspecified atom stereocenters. The van der Waals surface area contributed by atoms with Crippen LogP contribution in [0.3, 0.4) is 0 Å². The summed E-state index contributed by atoms with van der Waals surface area (Å²) in [6.45, 7) is 7.76. The predicted octanol–water partition coefficient (Wildman–Crippen LogP) is 1.54. The van der Waals surface area contributed by atoms with E-state index in [9.17, 15) is 0 Å². The minimum absolute atomic E-state index is 0.756. The minimum Gasteiger partial charge on any atom is -0.238 e. The molecule has 2 aromatic rings. The quantitative estimate of drug-likeness (QED) is 0.765. The third kappa shape index (κ3) is 1.93. The van der Waals surface area contributed by atoms with Gasteiger partial charge < -0.3 is 0 Å². The molecule has 0 fully saturated rings. The highest BCUT2D eigenvalue weighted by atomic mass is 15.4. The maximum absolute atomic E-state index is 4.38. The number of aryl methyl sites for hydroxylation is 4. The van der Waals surface area contributed by atoms with Crippen LogP contribution >= 0.6 is 0 Å². The van der Waals surface area contributed by atoms with Crippen molar-refractivity contribution in [1.82, 2.24) is 24.7 Å². The SMILES string of the molecule is CCc1cc(-n2nc(C)nc2C)nc(C)n1. The van der Waals surface area contributed by atoms with E-state index in [1.165, 1.54) is 0 Å². The van der Waals surface area contributed by atoms with E-state index >= 15 is 0 Å². The van der Waals surface area contributed by atoms with Gasteiger partial charge in [0, 0.05) is 11.8 Å². The van der Waals surface area contributed by atoms with Crippen LogP contribution in [0.5, 0.6) is 0 Å². The topological polar surface area (TPSA) is 56.5 Å². The van der Waals surface area contributed by atoms with Gasteiger partial charge in [-0.05, 0) is 27.2 Å². The first-order valence-corrected chi connectivity index (χ1v) is 5.35. The molecule has 5 heteroatoms. The summed E-state index contributed by atoms with van der Waals surface area (Å²) in [5.74, 6) is 3.16. The van der Waals surface area contributed by atoms with E-state index in [0.717, 1.165) is 35.4 Å². The Hall–Kier alpha value is -1.78. The molecule has 0 aliphatic carbocycles. The van der Waals surface area contributed by atoms with Crippen LogP contribution in [0.15, 0.2) is 6.07 Å². The Labute approximate surface area is 94.6 Å². The van der Waals surface area contributed by atoms with Gasteiger partial charge in [-0.1, -0.05) is 6.92 Å². The second kappa shape index (κ2) is 4.00. The van der Waals surface area contributed by atoms with E-state index in [1.807, 2.05) is 26.8 Å². The van der Waals surface area contributed by atoms with Gasteiger partial charge in [-0.25, -0.2) is 15.0 Å². The van der Waals surface area contributed by atoms with E-state index in [4.69, 9.17) is 0 Å². The van der Waals surface area contributed by atoms with Crippen LogP contribution in [0.25, 0.3) is 5.82 Å². The highest BCUT2D eigenvalue weighted by Gasteiger charge is 2.08. The monoisotopic (exact) mass is 217 g/mol. The van der Waals surface area contributed by atoms with Gasteiger partial charge in [0.2, 0.25) is 0 Å². The van der Waals surface area contributed by atoms with Gasteiger partial charge in [0.1, 0.15) is 17.5 Å². The molecular formula is C11H15N5. The first-order chi connectivity index (χ1) is 7.60. The maximum atomic E-state index is 4.38. The molecule has 2 rings (SSSR count). The number of aromatic nitrogens is 5. The Morgan fingerprint density at radius 3 is 2.38 bits per heavy atom. The van der Waals surface area contributed by atoms with Crippen molar-refractivity contribution in [3.8, 4) is 5.82 Å². The molecule has 16 heavy (non-hydrogen) atoms. The largest absolute Gasteiger partial charge is 0.238 e. The summed E-state index contributed by atoms with van der Waals surface area (Å²) in [6.07, 6.45) is 0.892. The number of nitrogens with zero attached hydrogens (tertiary/aromatic N) is 5. The Morgan fingerprint density at radius 1 is 1.06 bits per heavy atom. The van der Waals surface area contributed by atoms with Crippen molar-refractivity contribution in [1.29, 1.82) is 0 Å². The molecule has 0 saturated heterocycles. The van der Waals surface area contributed by atoms with E-state index in [0.29, 0.717) is 0 Å². The number of hydrogen-bond donors (Lipinski definition) is 0. The summed E-state index contributed by atoms with van der Waals surface area (Å²) < 4.78 is 1.75. The van der Waals surface area contributed by atoms with Gasteiger partial charge in [-0.15, -0.1) is 5.10 Å². The molecule has 2 heterocycles. The smallest absolute Gasteiger partial charge is 0.159 e. The van der Waals surface area contributed by atoms with Gasteiger partial charge in [0.25, 0.3) is 0 Å². The molecule has 0 aliphatic rings. The molecule has 0 radical (unpaired) electrons. The summed E-state index contributed by atoms with van der Waals surface area (Å²) >= 11 is 0. The third-order valence-electron chi connectivity index (χ3n) is 2.33. The average Bonchev–Trinajstić information content (AvgIpc) is 2.57. The highest BCUT2D eigenvalue weighted by molar-refractivity contribution is 5.25. The Bertz CT molecular complexity index is 515. The van der Waals surface area contributed by atoms with E-state index in [-0.39, 0.29) is 0 Å². The lowest BCUT2D eigenvalue weighted by Gasteiger charge is -2.05. The highest BCUT2D eigenvalue weighted by Crippen LogP contribution is 2.09. The van der Waals surface area contributed by atoms with Crippen LogP contribution in [0.1, 0.15) is 30.1 Å².